The van der Waals surface area contributed by atoms with Gasteiger partial charge in [-0.15, -0.1) is 11.3 Å². The molecule has 1 N–H and O–H groups in total. The molecule has 1 unspecified atom stereocenters. The van der Waals surface area contributed by atoms with Crippen LogP contribution in [0.1, 0.15) is 10.4 Å². The predicted molar refractivity (Wildman–Crippen MR) is 112 cm³/mol. The van der Waals surface area contributed by atoms with E-state index in [-0.39, 0.29) is 12.1 Å². The molecule has 0 radical (unpaired) electrons. The number of amides is 2. The van der Waals surface area contributed by atoms with Crippen molar-refractivity contribution in [2.75, 3.05) is 46.8 Å². The van der Waals surface area contributed by atoms with E-state index < -0.39 is 0 Å². The van der Waals surface area contributed by atoms with Crippen molar-refractivity contribution in [3.8, 4) is 0 Å². The van der Waals surface area contributed by atoms with Crippen LogP contribution < -0.4 is 5.32 Å². The van der Waals surface area contributed by atoms with Crippen LogP contribution in [0, 0.1) is 0 Å². The number of rotatable bonds is 7. The average molecular weight is 387 g/mol. The lowest BCUT2D eigenvalue weighted by Crippen LogP contribution is -2.53. The largest absolute Gasteiger partial charge is 0.336 e. The number of carbonyl (C=O) groups excluding carboxylic acids is 1. The van der Waals surface area contributed by atoms with Crippen LogP contribution in [0.2, 0.25) is 0 Å². The van der Waals surface area contributed by atoms with Crippen LogP contribution in [0.5, 0.6) is 0 Å². The number of likely N-dealkylation sites (N-methyl/N-ethyl adjacent to an activating group) is 1. The highest BCUT2D eigenvalue weighted by Gasteiger charge is 2.22. The first-order chi connectivity index (χ1) is 13.1. The Morgan fingerprint density at radius 2 is 1.85 bits per heavy atom. The minimum Gasteiger partial charge on any atom is -0.336 e. The summed E-state index contributed by atoms with van der Waals surface area (Å²) in [6, 6.07) is 15.1. The van der Waals surface area contributed by atoms with E-state index in [1.807, 2.05) is 11.0 Å². The van der Waals surface area contributed by atoms with Crippen molar-refractivity contribution in [3.63, 3.8) is 0 Å². The molecule has 1 aliphatic heterocycles. The van der Waals surface area contributed by atoms with Gasteiger partial charge in [-0.3, -0.25) is 4.90 Å². The van der Waals surface area contributed by atoms with E-state index in [1.54, 1.807) is 11.3 Å². The maximum Gasteiger partial charge on any atom is 0.317 e. The molecule has 146 valence electrons. The zero-order valence-electron chi connectivity index (χ0n) is 16.3. The topological polar surface area (TPSA) is 38.8 Å². The Hall–Kier alpha value is -1.89. The molecule has 1 fully saturated rings. The molecule has 1 aromatic heterocycles. The second kappa shape index (κ2) is 9.88. The van der Waals surface area contributed by atoms with Crippen molar-refractivity contribution in [1.82, 2.24) is 20.0 Å². The predicted octanol–water partition coefficient (Wildman–Crippen LogP) is 2.75. The standard InChI is InChI=1S/C21H30N4OS/c1-23(2)19(15-18-7-4-3-5-8-18)16-22-21(26)25-12-10-24(11-13-25)17-20-9-6-14-27-20/h3-9,14,19H,10-13,15-17H2,1-2H3,(H,22,26). The molecule has 1 atom stereocenters. The third kappa shape index (κ3) is 6.06. The monoisotopic (exact) mass is 386 g/mol. The Morgan fingerprint density at radius 1 is 1.11 bits per heavy atom. The summed E-state index contributed by atoms with van der Waals surface area (Å²) in [5.41, 5.74) is 1.30. The Bertz CT molecular complexity index is 681. The lowest BCUT2D eigenvalue weighted by Gasteiger charge is -2.35. The molecule has 6 heteroatoms. The Balaban J connectivity index is 1.43. The van der Waals surface area contributed by atoms with Crippen molar-refractivity contribution in [1.29, 1.82) is 0 Å². The number of thiophene rings is 1. The van der Waals surface area contributed by atoms with Gasteiger partial charge in [0.2, 0.25) is 0 Å². The molecular weight excluding hydrogens is 356 g/mol. The maximum absolute atomic E-state index is 12.6. The lowest BCUT2D eigenvalue weighted by atomic mass is 10.1. The molecule has 2 amide bonds. The normalized spacial score (nSPS) is 16.5. The zero-order valence-corrected chi connectivity index (χ0v) is 17.1. The number of urea groups is 1. The number of piperazine rings is 1. The second-order valence-corrected chi connectivity index (χ2v) is 8.37. The number of carbonyl (C=O) groups is 1. The summed E-state index contributed by atoms with van der Waals surface area (Å²) < 4.78 is 0. The van der Waals surface area contributed by atoms with E-state index in [0.717, 1.165) is 39.1 Å². The first-order valence-electron chi connectivity index (χ1n) is 9.59. The van der Waals surface area contributed by atoms with Gasteiger partial charge in [0.25, 0.3) is 0 Å². The lowest BCUT2D eigenvalue weighted by molar-refractivity contribution is 0.134. The number of benzene rings is 1. The molecule has 3 rings (SSSR count). The van der Waals surface area contributed by atoms with E-state index in [9.17, 15) is 4.79 Å². The minimum atomic E-state index is 0.0608. The third-order valence-electron chi connectivity index (χ3n) is 5.15. The summed E-state index contributed by atoms with van der Waals surface area (Å²) in [4.78, 5) is 20.5. The smallest absolute Gasteiger partial charge is 0.317 e. The van der Waals surface area contributed by atoms with E-state index in [2.05, 4.69) is 71.0 Å². The molecule has 1 saturated heterocycles. The van der Waals surface area contributed by atoms with E-state index >= 15 is 0 Å². The van der Waals surface area contributed by atoms with Crippen molar-refractivity contribution < 1.29 is 4.79 Å². The molecule has 5 nitrogen and oxygen atoms in total. The van der Waals surface area contributed by atoms with E-state index in [1.165, 1.54) is 10.4 Å². The van der Waals surface area contributed by atoms with Gasteiger partial charge in [0.1, 0.15) is 0 Å². The second-order valence-electron chi connectivity index (χ2n) is 7.34. The fourth-order valence-electron chi connectivity index (χ4n) is 3.37. The van der Waals surface area contributed by atoms with E-state index in [0.29, 0.717) is 6.54 Å². The Morgan fingerprint density at radius 3 is 2.48 bits per heavy atom. The van der Waals surface area contributed by atoms with Gasteiger partial charge in [0.15, 0.2) is 0 Å². The SMILES string of the molecule is CN(C)C(CNC(=O)N1CCN(Cc2cccs2)CC1)Cc1ccccc1. The number of nitrogens with zero attached hydrogens (tertiary/aromatic N) is 3. The molecule has 2 aromatic rings. The summed E-state index contributed by atoms with van der Waals surface area (Å²) in [6.45, 7) is 5.12. The van der Waals surface area contributed by atoms with Crippen LogP contribution in [0.3, 0.4) is 0 Å². The van der Waals surface area contributed by atoms with Gasteiger partial charge in [0.05, 0.1) is 0 Å². The summed E-state index contributed by atoms with van der Waals surface area (Å²) in [5, 5.41) is 5.26. The van der Waals surface area contributed by atoms with Gasteiger partial charge >= 0.3 is 6.03 Å². The van der Waals surface area contributed by atoms with Gasteiger partial charge in [-0.05, 0) is 37.5 Å². The van der Waals surface area contributed by atoms with E-state index in [4.69, 9.17) is 0 Å². The van der Waals surface area contributed by atoms with Crippen LogP contribution in [0.15, 0.2) is 47.8 Å². The highest BCUT2D eigenvalue weighted by Crippen LogP contribution is 2.13. The van der Waals surface area contributed by atoms with Crippen molar-refractivity contribution in [2.24, 2.45) is 0 Å². The van der Waals surface area contributed by atoms with Crippen LogP contribution in [0.25, 0.3) is 0 Å². The molecule has 0 spiro atoms. The summed E-state index contributed by atoms with van der Waals surface area (Å²) in [5.74, 6) is 0. The fourth-order valence-corrected chi connectivity index (χ4v) is 4.12. The Labute approximate surface area is 166 Å². The number of hydrogen-bond acceptors (Lipinski definition) is 4. The summed E-state index contributed by atoms with van der Waals surface area (Å²) in [7, 11) is 4.15. The number of nitrogens with one attached hydrogen (secondary N) is 1. The molecule has 0 saturated carbocycles. The highest BCUT2D eigenvalue weighted by molar-refractivity contribution is 7.09. The van der Waals surface area contributed by atoms with Gasteiger partial charge in [-0.25, -0.2) is 4.79 Å². The molecular formula is C21H30N4OS. The van der Waals surface area contributed by atoms with Crippen LogP contribution in [-0.2, 0) is 13.0 Å². The molecule has 27 heavy (non-hydrogen) atoms. The van der Waals surface area contributed by atoms with Crippen LogP contribution in [0.4, 0.5) is 4.79 Å². The minimum absolute atomic E-state index is 0.0608. The fraction of sp³-hybridized carbons (Fsp3) is 0.476. The van der Waals surface area contributed by atoms with Gasteiger partial charge in [-0.2, -0.15) is 0 Å². The number of hydrogen-bond donors (Lipinski definition) is 1. The molecule has 1 aromatic carbocycles. The van der Waals surface area contributed by atoms with Gasteiger partial charge in [-0.1, -0.05) is 36.4 Å². The first kappa shape index (κ1) is 19.9. The molecule has 0 bridgehead atoms. The average Bonchev–Trinajstić information content (AvgIpc) is 3.19. The third-order valence-corrected chi connectivity index (χ3v) is 6.01. The molecule has 0 aliphatic carbocycles. The summed E-state index contributed by atoms with van der Waals surface area (Å²) >= 11 is 1.80. The van der Waals surface area contributed by atoms with Crippen LogP contribution in [-0.4, -0.2) is 73.6 Å². The van der Waals surface area contributed by atoms with Gasteiger partial charge < -0.3 is 15.1 Å². The van der Waals surface area contributed by atoms with Crippen molar-refractivity contribution in [3.05, 3.63) is 58.3 Å². The summed E-state index contributed by atoms with van der Waals surface area (Å²) in [6.07, 6.45) is 0.933. The molecule has 2 heterocycles. The first-order valence-corrected chi connectivity index (χ1v) is 10.5. The highest BCUT2D eigenvalue weighted by atomic mass is 32.1. The molecule has 1 aliphatic rings. The van der Waals surface area contributed by atoms with Gasteiger partial charge in [0, 0.05) is 50.2 Å². The zero-order chi connectivity index (χ0) is 19.1. The Kier molecular flexibility index (Phi) is 7.26. The van der Waals surface area contributed by atoms with Crippen LogP contribution >= 0.6 is 11.3 Å². The maximum atomic E-state index is 12.6. The van der Waals surface area contributed by atoms with Crippen molar-refractivity contribution >= 4 is 17.4 Å². The quantitative estimate of drug-likeness (QED) is 0.795. The van der Waals surface area contributed by atoms with Crippen molar-refractivity contribution in [2.45, 2.75) is 19.0 Å².